The molecule has 0 aromatic heterocycles. The molecular weight excluding hydrogens is 548 g/mol. The third-order valence-electron chi connectivity index (χ3n) is 7.15. The Kier molecular flexibility index (Phi) is 8.77. The van der Waals surface area contributed by atoms with Crippen molar-refractivity contribution in [2.24, 2.45) is 10.3 Å². The molecule has 10 nitrogen and oxygen atoms in total. The smallest absolute Gasteiger partial charge is 0.337 e. The van der Waals surface area contributed by atoms with E-state index in [4.69, 9.17) is 18.9 Å². The van der Waals surface area contributed by atoms with E-state index in [0.29, 0.717) is 64.2 Å². The van der Waals surface area contributed by atoms with Crippen LogP contribution in [0.3, 0.4) is 0 Å². The normalized spacial score (nSPS) is 15.8. The summed E-state index contributed by atoms with van der Waals surface area (Å²) in [6.45, 7) is 3.48. The van der Waals surface area contributed by atoms with Gasteiger partial charge in [-0.3, -0.25) is 0 Å². The number of aromatic carboxylic acids is 1. The van der Waals surface area contributed by atoms with Crippen molar-refractivity contribution in [3.8, 4) is 11.5 Å². The summed E-state index contributed by atoms with van der Waals surface area (Å²) in [5.41, 5.74) is 5.12. The minimum atomic E-state index is -1.06. The van der Waals surface area contributed by atoms with E-state index in [9.17, 15) is 9.90 Å². The summed E-state index contributed by atoms with van der Waals surface area (Å²) in [5, 5.41) is 20.5. The van der Waals surface area contributed by atoms with Crippen LogP contribution in [0.1, 0.15) is 21.5 Å². The molecule has 0 unspecified atom stereocenters. The van der Waals surface area contributed by atoms with E-state index in [1.165, 1.54) is 6.07 Å². The number of hydrogen-bond acceptors (Lipinski definition) is 8. The Hall–Kier alpha value is -4.93. The number of hydrogen-bond donors (Lipinski definition) is 1. The van der Waals surface area contributed by atoms with E-state index in [-0.39, 0.29) is 11.3 Å². The maximum absolute atomic E-state index is 11.8. The fraction of sp³-hybridized carbons (Fsp3) is 0.242. The molecule has 0 saturated heterocycles. The molecule has 0 spiro atoms. The zero-order chi connectivity index (χ0) is 29.4. The number of benzene rings is 4. The molecule has 3 aliphatic rings. The summed E-state index contributed by atoms with van der Waals surface area (Å²) in [4.78, 5) is 14.1. The number of carboxylic acid groups (broad SMARTS) is 1. The first kappa shape index (κ1) is 28.2. The monoisotopic (exact) mass is 580 g/mol. The summed E-state index contributed by atoms with van der Waals surface area (Å²) in [6, 6.07) is 28.7. The first-order valence-corrected chi connectivity index (χ1v) is 14.2. The highest BCUT2D eigenvalue weighted by atomic mass is 16.6. The molecule has 0 saturated carbocycles. The van der Waals surface area contributed by atoms with Gasteiger partial charge in [-0.2, -0.15) is 0 Å². The topological polar surface area (TPSA) is 105 Å². The summed E-state index contributed by atoms with van der Waals surface area (Å²) in [6.07, 6.45) is 0. The maximum atomic E-state index is 11.8. The number of rotatable bonds is 4. The number of fused-ring (bicyclic) bond motifs is 13. The van der Waals surface area contributed by atoms with Crippen molar-refractivity contribution >= 4 is 28.7 Å². The summed E-state index contributed by atoms with van der Waals surface area (Å²) in [7, 11) is 0. The highest BCUT2D eigenvalue weighted by Crippen LogP contribution is 2.40. The van der Waals surface area contributed by atoms with Gasteiger partial charge in [0.15, 0.2) is 0 Å². The largest absolute Gasteiger partial charge is 0.491 e. The Morgan fingerprint density at radius 1 is 0.674 bits per heavy atom. The average molecular weight is 581 g/mol. The first-order chi connectivity index (χ1) is 21.2. The van der Waals surface area contributed by atoms with Gasteiger partial charge in [0.25, 0.3) is 0 Å². The van der Waals surface area contributed by atoms with Gasteiger partial charge in [0.05, 0.1) is 50.8 Å². The van der Waals surface area contributed by atoms with Gasteiger partial charge in [-0.25, -0.2) is 9.80 Å². The number of anilines is 3. The summed E-state index contributed by atoms with van der Waals surface area (Å²) in [5.74, 6) is 0.358. The van der Waals surface area contributed by atoms with Crippen LogP contribution in [0.15, 0.2) is 101 Å². The van der Waals surface area contributed by atoms with Crippen molar-refractivity contribution < 1.29 is 28.8 Å². The van der Waals surface area contributed by atoms with Crippen LogP contribution in [0.25, 0.3) is 0 Å². The number of para-hydroxylation sites is 1. The number of carboxylic acids is 1. The molecule has 3 heterocycles. The Morgan fingerprint density at radius 3 is 1.98 bits per heavy atom. The van der Waals surface area contributed by atoms with Gasteiger partial charge in [-0.15, -0.1) is 5.11 Å². The number of nitrogens with zero attached hydrogens (tertiary/aromatic N) is 4. The van der Waals surface area contributed by atoms with Gasteiger partial charge in [-0.1, -0.05) is 35.6 Å². The molecule has 0 atom stereocenters. The third kappa shape index (κ3) is 6.77. The van der Waals surface area contributed by atoms with Gasteiger partial charge in [-0.05, 0) is 60.7 Å². The van der Waals surface area contributed by atoms with Crippen molar-refractivity contribution in [3.05, 3.63) is 108 Å². The summed E-state index contributed by atoms with van der Waals surface area (Å²) >= 11 is 0. The lowest BCUT2D eigenvalue weighted by atomic mass is 10.0. The Balaban J connectivity index is 1.47. The lowest BCUT2D eigenvalue weighted by molar-refractivity contribution is 0.0273. The molecule has 0 radical (unpaired) electrons. The van der Waals surface area contributed by atoms with Gasteiger partial charge >= 0.3 is 5.97 Å². The highest BCUT2D eigenvalue weighted by molar-refractivity contribution is 5.93. The van der Waals surface area contributed by atoms with Crippen LogP contribution >= 0.6 is 0 Å². The second-order valence-corrected chi connectivity index (χ2v) is 9.99. The standard InChI is InChI=1S/C33H32N4O6/c38-33(39)29-8-4-5-9-30(29)34-35-37-23-25-21-27-10-12-31(25)36(26-6-2-1-3-7-26)22-24-20-28(11-13-32(24)37)43-19-17-41-15-14-40-16-18-42-27/h1-13,20-21H,14-19,22-23H2,(H,38,39). The second kappa shape index (κ2) is 13.4. The lowest BCUT2D eigenvalue weighted by Gasteiger charge is -2.33. The van der Waals surface area contributed by atoms with Crippen LogP contribution in [0, 0.1) is 0 Å². The molecule has 4 aromatic carbocycles. The van der Waals surface area contributed by atoms with Crippen molar-refractivity contribution in [1.82, 2.24) is 0 Å². The van der Waals surface area contributed by atoms with Gasteiger partial charge in [0.2, 0.25) is 0 Å². The predicted octanol–water partition coefficient (Wildman–Crippen LogP) is 6.55. The number of ether oxygens (including phenoxy) is 4. The molecule has 3 aliphatic heterocycles. The fourth-order valence-electron chi connectivity index (χ4n) is 5.09. The summed E-state index contributed by atoms with van der Waals surface area (Å²) < 4.78 is 23.4. The highest BCUT2D eigenvalue weighted by Gasteiger charge is 2.25. The zero-order valence-corrected chi connectivity index (χ0v) is 23.6. The average Bonchev–Trinajstić information content (AvgIpc) is 3.03. The van der Waals surface area contributed by atoms with Crippen molar-refractivity contribution in [2.45, 2.75) is 13.1 Å². The van der Waals surface area contributed by atoms with Crippen LogP contribution in [0.4, 0.5) is 22.7 Å². The van der Waals surface area contributed by atoms with Crippen LogP contribution in [0.2, 0.25) is 0 Å². The van der Waals surface area contributed by atoms with E-state index in [1.54, 1.807) is 23.2 Å². The minimum Gasteiger partial charge on any atom is -0.491 e. The van der Waals surface area contributed by atoms with E-state index < -0.39 is 5.97 Å². The molecular formula is C33H32N4O6. The van der Waals surface area contributed by atoms with Crippen molar-refractivity contribution in [3.63, 3.8) is 0 Å². The van der Waals surface area contributed by atoms with Gasteiger partial charge in [0.1, 0.15) is 30.4 Å². The Morgan fingerprint density at radius 2 is 1.28 bits per heavy atom. The predicted molar refractivity (Wildman–Crippen MR) is 162 cm³/mol. The lowest BCUT2D eigenvalue weighted by Crippen LogP contribution is -2.26. The van der Waals surface area contributed by atoms with Crippen LogP contribution in [-0.4, -0.2) is 50.7 Å². The van der Waals surface area contributed by atoms with Crippen molar-refractivity contribution in [2.75, 3.05) is 49.6 Å². The molecule has 220 valence electrons. The van der Waals surface area contributed by atoms with E-state index >= 15 is 0 Å². The van der Waals surface area contributed by atoms with Gasteiger partial charge in [0, 0.05) is 22.5 Å². The van der Waals surface area contributed by atoms with E-state index in [2.05, 4.69) is 33.4 Å². The van der Waals surface area contributed by atoms with Crippen LogP contribution < -0.4 is 19.4 Å². The third-order valence-corrected chi connectivity index (χ3v) is 7.15. The first-order valence-electron chi connectivity index (χ1n) is 14.2. The Labute approximate surface area is 249 Å². The molecule has 0 fully saturated rings. The van der Waals surface area contributed by atoms with Crippen LogP contribution in [-0.2, 0) is 22.6 Å². The molecule has 0 aliphatic carbocycles. The molecule has 6 bridgehead atoms. The van der Waals surface area contributed by atoms with E-state index in [0.717, 1.165) is 28.2 Å². The molecule has 10 heteroatoms. The molecule has 43 heavy (non-hydrogen) atoms. The SMILES string of the molecule is O=C(O)c1ccccc1N=NN1Cc2cc3ccc2N(c2ccccc2)Cc2cc(ccc21)OCCOCCOCCO3. The number of carbonyl (C=O) groups is 1. The Bertz CT molecular complexity index is 1600. The van der Waals surface area contributed by atoms with Gasteiger partial charge < -0.3 is 29.0 Å². The second-order valence-electron chi connectivity index (χ2n) is 9.99. The van der Waals surface area contributed by atoms with Crippen molar-refractivity contribution in [1.29, 1.82) is 0 Å². The zero-order valence-electron chi connectivity index (χ0n) is 23.6. The van der Waals surface area contributed by atoms with E-state index in [1.807, 2.05) is 48.5 Å². The van der Waals surface area contributed by atoms with Crippen LogP contribution in [0.5, 0.6) is 11.5 Å². The molecule has 4 aromatic rings. The molecule has 0 amide bonds. The fourth-order valence-corrected chi connectivity index (χ4v) is 5.09. The maximum Gasteiger partial charge on any atom is 0.337 e. The molecule has 1 N–H and O–H groups in total. The molecule has 7 rings (SSSR count). The quantitative estimate of drug-likeness (QED) is 0.214. The minimum absolute atomic E-state index is 0.0791.